The first-order valence-electron chi connectivity index (χ1n) is 6.00. The van der Waals surface area contributed by atoms with Gasteiger partial charge in [0.1, 0.15) is 0 Å². The summed E-state index contributed by atoms with van der Waals surface area (Å²) in [6, 6.07) is 11.3. The lowest BCUT2D eigenvalue weighted by Gasteiger charge is -2.10. The van der Waals surface area contributed by atoms with Gasteiger partial charge in [-0.15, -0.1) is 0 Å². The van der Waals surface area contributed by atoms with Crippen LogP contribution < -0.4 is 0 Å². The first-order chi connectivity index (χ1) is 8.74. The van der Waals surface area contributed by atoms with Crippen LogP contribution in [0, 0.1) is 0 Å². The average Bonchev–Trinajstić information content (AvgIpc) is 2.39. The Morgan fingerprint density at radius 3 is 2.56 bits per heavy atom. The molecule has 2 rings (SSSR count). The molecular formula is C15H15NO2. The summed E-state index contributed by atoms with van der Waals surface area (Å²) in [4.78, 5) is 15.6. The molecule has 0 bridgehead atoms. The summed E-state index contributed by atoms with van der Waals surface area (Å²) in [6.07, 6.45) is 3.24. The maximum atomic E-state index is 11.5. The van der Waals surface area contributed by atoms with E-state index in [0.29, 0.717) is 17.7 Å². The standard InChI is InChI=1S/C15H15NO2/c1-2-6-13-14(15(17)18)12(9-10-16-13)11-7-4-3-5-8-11/h3-5,7-10H,2,6H2,1H3,(H,17,18). The zero-order valence-electron chi connectivity index (χ0n) is 10.3. The minimum Gasteiger partial charge on any atom is -0.478 e. The molecule has 1 heterocycles. The summed E-state index contributed by atoms with van der Waals surface area (Å²) >= 11 is 0. The topological polar surface area (TPSA) is 50.2 Å². The minimum atomic E-state index is -0.912. The second-order valence-corrected chi connectivity index (χ2v) is 4.10. The number of rotatable bonds is 4. The number of aryl methyl sites for hydroxylation is 1. The molecule has 1 aromatic carbocycles. The van der Waals surface area contributed by atoms with Crippen molar-refractivity contribution in [3.63, 3.8) is 0 Å². The minimum absolute atomic E-state index is 0.325. The Kier molecular flexibility index (Phi) is 3.72. The Labute approximate surface area is 106 Å². The van der Waals surface area contributed by atoms with E-state index in [1.807, 2.05) is 37.3 Å². The summed E-state index contributed by atoms with van der Waals surface area (Å²) in [5.41, 5.74) is 2.63. The van der Waals surface area contributed by atoms with Gasteiger partial charge in [0.05, 0.1) is 11.3 Å². The number of carboxylic acid groups (broad SMARTS) is 1. The lowest BCUT2D eigenvalue weighted by atomic mass is 9.97. The van der Waals surface area contributed by atoms with Crippen LogP contribution in [-0.2, 0) is 6.42 Å². The third-order valence-corrected chi connectivity index (χ3v) is 2.81. The molecule has 1 aromatic heterocycles. The molecule has 18 heavy (non-hydrogen) atoms. The van der Waals surface area contributed by atoms with Crippen LogP contribution >= 0.6 is 0 Å². The molecule has 3 heteroatoms. The number of aromatic carboxylic acids is 1. The zero-order valence-corrected chi connectivity index (χ0v) is 10.3. The lowest BCUT2D eigenvalue weighted by Crippen LogP contribution is -2.07. The van der Waals surface area contributed by atoms with Crippen LogP contribution in [0.3, 0.4) is 0 Å². The molecule has 0 radical (unpaired) electrons. The van der Waals surface area contributed by atoms with E-state index in [0.717, 1.165) is 17.5 Å². The average molecular weight is 241 g/mol. The second-order valence-electron chi connectivity index (χ2n) is 4.10. The molecule has 0 atom stereocenters. The Hall–Kier alpha value is -2.16. The van der Waals surface area contributed by atoms with Crippen LogP contribution in [0.1, 0.15) is 29.4 Å². The Morgan fingerprint density at radius 1 is 1.22 bits per heavy atom. The quantitative estimate of drug-likeness (QED) is 0.892. The van der Waals surface area contributed by atoms with E-state index in [1.165, 1.54) is 0 Å². The van der Waals surface area contributed by atoms with E-state index in [1.54, 1.807) is 12.3 Å². The molecule has 0 saturated carbocycles. The van der Waals surface area contributed by atoms with Crippen molar-refractivity contribution >= 4 is 5.97 Å². The summed E-state index contributed by atoms with van der Waals surface area (Å²) in [7, 11) is 0. The molecule has 0 aliphatic rings. The van der Waals surface area contributed by atoms with Gasteiger partial charge < -0.3 is 5.11 Å². The number of benzene rings is 1. The third kappa shape index (κ3) is 2.40. The summed E-state index contributed by atoms with van der Waals surface area (Å²) in [5, 5.41) is 9.39. The lowest BCUT2D eigenvalue weighted by molar-refractivity contribution is 0.0696. The van der Waals surface area contributed by atoms with Crippen molar-refractivity contribution in [2.24, 2.45) is 0 Å². The van der Waals surface area contributed by atoms with E-state index in [9.17, 15) is 9.90 Å². The maximum Gasteiger partial charge on any atom is 0.338 e. The van der Waals surface area contributed by atoms with Gasteiger partial charge in [-0.1, -0.05) is 43.7 Å². The third-order valence-electron chi connectivity index (χ3n) is 2.81. The number of nitrogens with zero attached hydrogens (tertiary/aromatic N) is 1. The number of hydrogen-bond donors (Lipinski definition) is 1. The van der Waals surface area contributed by atoms with E-state index in [2.05, 4.69) is 4.98 Å². The predicted molar refractivity (Wildman–Crippen MR) is 70.6 cm³/mol. The zero-order chi connectivity index (χ0) is 13.0. The molecule has 0 amide bonds. The normalized spacial score (nSPS) is 10.3. The van der Waals surface area contributed by atoms with Crippen molar-refractivity contribution < 1.29 is 9.90 Å². The van der Waals surface area contributed by atoms with Gasteiger partial charge in [0.25, 0.3) is 0 Å². The maximum absolute atomic E-state index is 11.5. The fourth-order valence-electron chi connectivity index (χ4n) is 2.03. The molecule has 0 aliphatic heterocycles. The highest BCUT2D eigenvalue weighted by atomic mass is 16.4. The van der Waals surface area contributed by atoms with Crippen LogP contribution in [0.25, 0.3) is 11.1 Å². The number of carboxylic acids is 1. The summed E-state index contributed by atoms with van der Waals surface area (Å²) in [6.45, 7) is 2.02. The van der Waals surface area contributed by atoms with E-state index in [4.69, 9.17) is 0 Å². The molecule has 0 aliphatic carbocycles. The van der Waals surface area contributed by atoms with Gasteiger partial charge in [-0.2, -0.15) is 0 Å². The fourth-order valence-corrected chi connectivity index (χ4v) is 2.03. The van der Waals surface area contributed by atoms with E-state index in [-0.39, 0.29) is 0 Å². The van der Waals surface area contributed by atoms with Crippen molar-refractivity contribution in [1.82, 2.24) is 4.98 Å². The largest absolute Gasteiger partial charge is 0.478 e. The molecule has 92 valence electrons. The molecule has 1 N–H and O–H groups in total. The highest BCUT2D eigenvalue weighted by molar-refractivity contribution is 5.97. The van der Waals surface area contributed by atoms with Crippen molar-refractivity contribution in [2.45, 2.75) is 19.8 Å². The van der Waals surface area contributed by atoms with Gasteiger partial charge in [-0.25, -0.2) is 4.79 Å². The monoisotopic (exact) mass is 241 g/mol. The van der Waals surface area contributed by atoms with Crippen LogP contribution in [0.2, 0.25) is 0 Å². The van der Waals surface area contributed by atoms with Crippen LogP contribution in [-0.4, -0.2) is 16.1 Å². The summed E-state index contributed by atoms with van der Waals surface area (Å²) in [5.74, 6) is -0.912. The first-order valence-corrected chi connectivity index (χ1v) is 6.00. The highest BCUT2D eigenvalue weighted by Gasteiger charge is 2.16. The van der Waals surface area contributed by atoms with Gasteiger partial charge in [0, 0.05) is 6.20 Å². The van der Waals surface area contributed by atoms with Crippen LogP contribution in [0.15, 0.2) is 42.6 Å². The smallest absolute Gasteiger partial charge is 0.338 e. The second kappa shape index (κ2) is 5.45. The van der Waals surface area contributed by atoms with E-state index >= 15 is 0 Å². The van der Waals surface area contributed by atoms with Gasteiger partial charge in [-0.3, -0.25) is 4.98 Å². The number of carbonyl (C=O) groups is 1. The van der Waals surface area contributed by atoms with Crippen molar-refractivity contribution in [3.8, 4) is 11.1 Å². The highest BCUT2D eigenvalue weighted by Crippen LogP contribution is 2.25. The molecule has 0 saturated heterocycles. The SMILES string of the molecule is CCCc1nccc(-c2ccccc2)c1C(=O)O. The van der Waals surface area contributed by atoms with Crippen molar-refractivity contribution in [3.05, 3.63) is 53.9 Å². The molecule has 0 spiro atoms. The molecule has 0 unspecified atom stereocenters. The molecule has 2 aromatic rings. The predicted octanol–water partition coefficient (Wildman–Crippen LogP) is 3.40. The molecule has 3 nitrogen and oxygen atoms in total. The number of pyridine rings is 1. The van der Waals surface area contributed by atoms with Crippen molar-refractivity contribution in [1.29, 1.82) is 0 Å². The Balaban J connectivity index is 2.60. The number of hydrogen-bond acceptors (Lipinski definition) is 2. The van der Waals surface area contributed by atoms with Gasteiger partial charge in [-0.05, 0) is 23.6 Å². The first kappa shape index (κ1) is 12.3. The molecular weight excluding hydrogens is 226 g/mol. The number of aromatic nitrogens is 1. The van der Waals surface area contributed by atoms with Crippen molar-refractivity contribution in [2.75, 3.05) is 0 Å². The van der Waals surface area contributed by atoms with Crippen LogP contribution in [0.4, 0.5) is 0 Å². The van der Waals surface area contributed by atoms with Gasteiger partial charge in [0.2, 0.25) is 0 Å². The van der Waals surface area contributed by atoms with Crippen LogP contribution in [0.5, 0.6) is 0 Å². The Morgan fingerprint density at radius 2 is 1.94 bits per heavy atom. The summed E-state index contributed by atoms with van der Waals surface area (Å²) < 4.78 is 0. The molecule has 0 fully saturated rings. The Bertz CT molecular complexity index is 550. The van der Waals surface area contributed by atoms with Gasteiger partial charge >= 0.3 is 5.97 Å². The van der Waals surface area contributed by atoms with E-state index < -0.39 is 5.97 Å². The van der Waals surface area contributed by atoms with Gasteiger partial charge in [0.15, 0.2) is 0 Å². The fraction of sp³-hybridized carbons (Fsp3) is 0.200.